The average Bonchev–Trinajstić information content (AvgIpc) is 2.45. The molecular weight excluding hydrogens is 355 g/mol. The molecule has 0 aliphatic heterocycles. The van der Waals surface area contributed by atoms with Crippen molar-refractivity contribution in [1.82, 2.24) is 5.32 Å². The van der Waals surface area contributed by atoms with Crippen LogP contribution < -0.4 is 10.6 Å². The van der Waals surface area contributed by atoms with Gasteiger partial charge in [-0.15, -0.1) is 0 Å². The molecule has 1 saturated carbocycles. The van der Waals surface area contributed by atoms with Gasteiger partial charge in [-0.25, -0.2) is 9.18 Å². The van der Waals surface area contributed by atoms with Crippen molar-refractivity contribution in [1.29, 1.82) is 0 Å². The summed E-state index contributed by atoms with van der Waals surface area (Å²) >= 11 is 3.23. The Morgan fingerprint density at radius 1 is 1.27 bits per heavy atom. The number of benzene rings is 1. The number of rotatable bonds is 3. The van der Waals surface area contributed by atoms with Crippen molar-refractivity contribution in [3.05, 3.63) is 28.0 Å². The maximum atomic E-state index is 13.8. The third-order valence-electron chi connectivity index (χ3n) is 3.91. The molecule has 0 radical (unpaired) electrons. The van der Waals surface area contributed by atoms with E-state index in [1.54, 1.807) is 13.0 Å². The minimum absolute atomic E-state index is 0.0739. The van der Waals surface area contributed by atoms with Crippen LogP contribution in [-0.2, 0) is 4.79 Å². The van der Waals surface area contributed by atoms with E-state index in [1.807, 2.05) is 0 Å². The molecule has 22 heavy (non-hydrogen) atoms. The quantitative estimate of drug-likeness (QED) is 0.757. The Hall–Kier alpha value is -1.63. The van der Waals surface area contributed by atoms with E-state index in [-0.39, 0.29) is 17.6 Å². The average molecular weight is 373 g/mol. The van der Waals surface area contributed by atoms with Crippen LogP contribution in [-0.4, -0.2) is 23.1 Å². The molecular formula is C15H18BrFN2O3. The monoisotopic (exact) mass is 372 g/mol. The SMILES string of the molecule is Cc1cc(NC(=O)NC2CCC(C(=O)O)CC2)c(F)cc1Br. The Morgan fingerprint density at radius 2 is 1.91 bits per heavy atom. The number of urea groups is 1. The summed E-state index contributed by atoms with van der Waals surface area (Å²) in [6, 6.07) is 2.32. The van der Waals surface area contributed by atoms with E-state index in [0.29, 0.717) is 30.2 Å². The van der Waals surface area contributed by atoms with Gasteiger partial charge in [-0.1, -0.05) is 15.9 Å². The zero-order chi connectivity index (χ0) is 16.3. The van der Waals surface area contributed by atoms with Crippen LogP contribution >= 0.6 is 15.9 Å². The number of halogens is 2. The molecule has 1 aromatic carbocycles. The second kappa shape index (κ2) is 7.09. The highest BCUT2D eigenvalue weighted by Crippen LogP contribution is 2.26. The third-order valence-corrected chi connectivity index (χ3v) is 4.76. The van der Waals surface area contributed by atoms with E-state index in [0.717, 1.165) is 5.56 Å². The number of amides is 2. The number of anilines is 1. The summed E-state index contributed by atoms with van der Waals surface area (Å²) in [6.45, 7) is 1.81. The van der Waals surface area contributed by atoms with Crippen molar-refractivity contribution in [3.63, 3.8) is 0 Å². The van der Waals surface area contributed by atoms with Crippen molar-refractivity contribution < 1.29 is 19.1 Å². The molecule has 7 heteroatoms. The number of hydrogen-bond donors (Lipinski definition) is 3. The lowest BCUT2D eigenvalue weighted by atomic mass is 9.86. The maximum Gasteiger partial charge on any atom is 0.319 e. The van der Waals surface area contributed by atoms with Crippen LogP contribution in [0.5, 0.6) is 0 Å². The van der Waals surface area contributed by atoms with Crippen LogP contribution in [0, 0.1) is 18.7 Å². The van der Waals surface area contributed by atoms with Crippen LogP contribution in [0.2, 0.25) is 0 Å². The first-order valence-corrected chi connectivity index (χ1v) is 7.92. The molecule has 0 aromatic heterocycles. The minimum atomic E-state index is -0.782. The Labute approximate surface area is 136 Å². The fraction of sp³-hybridized carbons (Fsp3) is 0.467. The number of carbonyl (C=O) groups is 2. The molecule has 120 valence electrons. The van der Waals surface area contributed by atoms with Crippen molar-refractivity contribution in [2.45, 2.75) is 38.6 Å². The fourth-order valence-electron chi connectivity index (χ4n) is 2.58. The number of hydrogen-bond acceptors (Lipinski definition) is 2. The highest BCUT2D eigenvalue weighted by Gasteiger charge is 2.26. The molecule has 0 atom stereocenters. The molecule has 0 bridgehead atoms. The summed E-state index contributed by atoms with van der Waals surface area (Å²) in [4.78, 5) is 22.8. The largest absolute Gasteiger partial charge is 0.481 e. The molecule has 1 aliphatic carbocycles. The zero-order valence-electron chi connectivity index (χ0n) is 12.2. The number of carboxylic acid groups (broad SMARTS) is 1. The van der Waals surface area contributed by atoms with Gasteiger partial charge in [-0.3, -0.25) is 4.79 Å². The lowest BCUT2D eigenvalue weighted by Gasteiger charge is -2.26. The van der Waals surface area contributed by atoms with E-state index in [1.165, 1.54) is 6.07 Å². The predicted molar refractivity (Wildman–Crippen MR) is 84.4 cm³/mol. The number of carbonyl (C=O) groups excluding carboxylic acids is 1. The molecule has 1 aliphatic rings. The van der Waals surface area contributed by atoms with Crippen molar-refractivity contribution in [2.24, 2.45) is 5.92 Å². The standard InChI is InChI=1S/C15H18BrFN2O3/c1-8-6-13(12(17)7-11(8)16)19-15(22)18-10-4-2-9(3-5-10)14(20)21/h6-7,9-10H,2-5H2,1H3,(H,20,21)(H2,18,19,22). The molecule has 0 heterocycles. The van der Waals surface area contributed by atoms with Gasteiger partial charge in [0, 0.05) is 10.5 Å². The van der Waals surface area contributed by atoms with E-state index >= 15 is 0 Å². The first-order chi connectivity index (χ1) is 10.4. The van der Waals surface area contributed by atoms with E-state index in [9.17, 15) is 14.0 Å². The highest BCUT2D eigenvalue weighted by atomic mass is 79.9. The first-order valence-electron chi connectivity index (χ1n) is 7.12. The highest BCUT2D eigenvalue weighted by molar-refractivity contribution is 9.10. The molecule has 2 amide bonds. The summed E-state index contributed by atoms with van der Waals surface area (Å²) < 4.78 is 14.4. The smallest absolute Gasteiger partial charge is 0.319 e. The van der Waals surface area contributed by atoms with Crippen LogP contribution in [0.25, 0.3) is 0 Å². The Balaban J connectivity index is 1.89. The third kappa shape index (κ3) is 4.19. The summed E-state index contributed by atoms with van der Waals surface area (Å²) in [5, 5.41) is 14.2. The van der Waals surface area contributed by atoms with Crippen LogP contribution in [0.3, 0.4) is 0 Å². The van der Waals surface area contributed by atoms with Crippen molar-refractivity contribution in [3.8, 4) is 0 Å². The van der Waals surface area contributed by atoms with Gasteiger partial charge in [0.2, 0.25) is 0 Å². The van der Waals surface area contributed by atoms with Gasteiger partial charge in [-0.05, 0) is 50.3 Å². The molecule has 0 saturated heterocycles. The Kier molecular flexibility index (Phi) is 5.39. The van der Waals surface area contributed by atoms with Crippen molar-refractivity contribution in [2.75, 3.05) is 5.32 Å². The summed E-state index contributed by atoms with van der Waals surface area (Å²) in [6.07, 6.45) is 2.33. The van der Waals surface area contributed by atoms with Crippen molar-refractivity contribution >= 4 is 33.6 Å². The van der Waals surface area contributed by atoms with E-state index in [4.69, 9.17) is 5.11 Å². The second-order valence-electron chi connectivity index (χ2n) is 5.57. The topological polar surface area (TPSA) is 78.4 Å². The first kappa shape index (κ1) is 16.7. The number of aryl methyl sites for hydroxylation is 1. The van der Waals surface area contributed by atoms with Gasteiger partial charge in [-0.2, -0.15) is 0 Å². The van der Waals surface area contributed by atoms with Crippen LogP contribution in [0.1, 0.15) is 31.2 Å². The fourth-order valence-corrected chi connectivity index (χ4v) is 2.90. The van der Waals surface area contributed by atoms with Gasteiger partial charge >= 0.3 is 12.0 Å². The number of aliphatic carboxylic acids is 1. The lowest BCUT2D eigenvalue weighted by molar-refractivity contribution is -0.142. The van der Waals surface area contributed by atoms with Gasteiger partial charge < -0.3 is 15.7 Å². The van der Waals surface area contributed by atoms with Crippen LogP contribution in [0.15, 0.2) is 16.6 Å². The van der Waals surface area contributed by atoms with E-state index < -0.39 is 17.8 Å². The molecule has 1 aromatic rings. The van der Waals surface area contributed by atoms with Gasteiger partial charge in [0.05, 0.1) is 11.6 Å². The zero-order valence-corrected chi connectivity index (χ0v) is 13.7. The van der Waals surface area contributed by atoms with Gasteiger partial charge in [0.25, 0.3) is 0 Å². The molecule has 0 unspecified atom stereocenters. The normalized spacial score (nSPS) is 21.2. The Morgan fingerprint density at radius 3 is 2.50 bits per heavy atom. The van der Waals surface area contributed by atoms with Gasteiger partial charge in [0.1, 0.15) is 5.82 Å². The summed E-state index contributed by atoms with van der Waals surface area (Å²) in [7, 11) is 0. The summed E-state index contributed by atoms with van der Waals surface area (Å²) in [5.74, 6) is -1.62. The predicted octanol–water partition coefficient (Wildman–Crippen LogP) is 3.66. The lowest BCUT2D eigenvalue weighted by Crippen LogP contribution is -2.41. The second-order valence-corrected chi connectivity index (χ2v) is 6.42. The molecule has 2 rings (SSSR count). The number of nitrogens with one attached hydrogen (secondary N) is 2. The Bertz CT molecular complexity index is 586. The van der Waals surface area contributed by atoms with Gasteiger partial charge in [0.15, 0.2) is 0 Å². The van der Waals surface area contributed by atoms with Crippen LogP contribution in [0.4, 0.5) is 14.9 Å². The minimum Gasteiger partial charge on any atom is -0.481 e. The maximum absolute atomic E-state index is 13.8. The number of carboxylic acids is 1. The van der Waals surface area contributed by atoms with E-state index in [2.05, 4.69) is 26.6 Å². The molecule has 5 nitrogen and oxygen atoms in total. The summed E-state index contributed by atoms with van der Waals surface area (Å²) in [5.41, 5.74) is 0.941. The molecule has 3 N–H and O–H groups in total. The molecule has 1 fully saturated rings. The molecule has 0 spiro atoms.